The van der Waals surface area contributed by atoms with Crippen LogP contribution >= 0.6 is 15.9 Å². The van der Waals surface area contributed by atoms with Gasteiger partial charge in [-0.2, -0.15) is 4.57 Å². The molecule has 0 radical (unpaired) electrons. The maximum atomic E-state index is 10.4. The van der Waals surface area contributed by atoms with Gasteiger partial charge in [-0.3, -0.25) is 0 Å². The van der Waals surface area contributed by atoms with Crippen LogP contribution in [0.25, 0.3) is 0 Å². The SMILES string of the molecule is C[n+]1ccccc1Br.Cc1ccc(S(=O)(=O)[O-])cc1. The number of halogens is 1. The van der Waals surface area contributed by atoms with Crippen molar-refractivity contribution in [2.75, 3.05) is 0 Å². The predicted molar refractivity (Wildman–Crippen MR) is 74.5 cm³/mol. The van der Waals surface area contributed by atoms with Crippen molar-refractivity contribution in [2.24, 2.45) is 7.05 Å². The summed E-state index contributed by atoms with van der Waals surface area (Å²) in [5.74, 6) is 0. The molecule has 0 aliphatic rings. The molecular formula is C13H14BrNO3S. The molecule has 0 aliphatic carbocycles. The number of hydrogen-bond acceptors (Lipinski definition) is 3. The zero-order chi connectivity index (χ0) is 14.5. The van der Waals surface area contributed by atoms with E-state index in [0.29, 0.717) is 0 Å². The number of aromatic nitrogens is 1. The molecule has 2 rings (SSSR count). The van der Waals surface area contributed by atoms with Crippen molar-refractivity contribution in [3.8, 4) is 0 Å². The second-order valence-electron chi connectivity index (χ2n) is 3.90. The molecule has 1 aromatic carbocycles. The molecule has 0 atom stereocenters. The van der Waals surface area contributed by atoms with Crippen molar-refractivity contribution in [2.45, 2.75) is 11.8 Å². The molecule has 0 saturated heterocycles. The summed E-state index contributed by atoms with van der Waals surface area (Å²) in [6, 6.07) is 11.8. The van der Waals surface area contributed by atoms with Crippen LogP contribution in [0.1, 0.15) is 5.56 Å². The highest BCUT2D eigenvalue weighted by atomic mass is 79.9. The number of nitrogens with zero attached hydrogens (tertiary/aromatic N) is 1. The molecule has 0 N–H and O–H groups in total. The van der Waals surface area contributed by atoms with Crippen LogP contribution in [0.5, 0.6) is 0 Å². The molecule has 0 aliphatic heterocycles. The summed E-state index contributed by atoms with van der Waals surface area (Å²) < 4.78 is 34.3. The van der Waals surface area contributed by atoms with E-state index < -0.39 is 10.1 Å². The largest absolute Gasteiger partial charge is 0.744 e. The fourth-order valence-electron chi connectivity index (χ4n) is 1.21. The Kier molecular flexibility index (Phi) is 5.65. The molecule has 102 valence electrons. The van der Waals surface area contributed by atoms with Crippen LogP contribution < -0.4 is 4.57 Å². The molecule has 0 unspecified atom stereocenters. The molecule has 4 nitrogen and oxygen atoms in total. The molecule has 0 amide bonds. The lowest BCUT2D eigenvalue weighted by Gasteiger charge is -2.05. The number of benzene rings is 1. The van der Waals surface area contributed by atoms with Crippen LogP contribution in [0.3, 0.4) is 0 Å². The normalized spacial score (nSPS) is 10.5. The van der Waals surface area contributed by atoms with Gasteiger partial charge in [-0.05, 0) is 25.1 Å². The van der Waals surface area contributed by atoms with Crippen LogP contribution in [0, 0.1) is 6.92 Å². The summed E-state index contributed by atoms with van der Waals surface area (Å²) in [6.07, 6.45) is 1.99. The number of hydrogen-bond donors (Lipinski definition) is 0. The van der Waals surface area contributed by atoms with Gasteiger partial charge in [-0.1, -0.05) is 17.7 Å². The molecule has 6 heteroatoms. The topological polar surface area (TPSA) is 61.1 Å². The fraction of sp³-hybridized carbons (Fsp3) is 0.154. The van der Waals surface area contributed by atoms with Crippen molar-refractivity contribution in [3.05, 3.63) is 58.8 Å². The van der Waals surface area contributed by atoms with E-state index in [1.54, 1.807) is 12.1 Å². The molecule has 0 bridgehead atoms. The van der Waals surface area contributed by atoms with Crippen molar-refractivity contribution in [1.29, 1.82) is 0 Å². The molecule has 0 fully saturated rings. The zero-order valence-electron chi connectivity index (χ0n) is 10.6. The molecule has 1 heterocycles. The first-order valence-electron chi connectivity index (χ1n) is 5.43. The maximum absolute atomic E-state index is 10.4. The first-order valence-corrected chi connectivity index (χ1v) is 7.63. The van der Waals surface area contributed by atoms with Gasteiger partial charge in [-0.15, -0.1) is 0 Å². The molecule has 1 aromatic heterocycles. The van der Waals surface area contributed by atoms with Crippen LogP contribution in [0.2, 0.25) is 0 Å². The van der Waals surface area contributed by atoms with Crippen LogP contribution in [0.4, 0.5) is 0 Å². The van der Waals surface area contributed by atoms with Gasteiger partial charge in [0, 0.05) is 28.1 Å². The third kappa shape index (κ3) is 5.50. The van der Waals surface area contributed by atoms with Gasteiger partial charge < -0.3 is 4.55 Å². The van der Waals surface area contributed by atoms with Gasteiger partial charge in [0.2, 0.25) is 4.60 Å². The summed E-state index contributed by atoms with van der Waals surface area (Å²) in [6.45, 7) is 1.82. The van der Waals surface area contributed by atoms with E-state index in [9.17, 15) is 13.0 Å². The molecular weight excluding hydrogens is 330 g/mol. The predicted octanol–water partition coefficient (Wildman–Crippen LogP) is 2.17. The summed E-state index contributed by atoms with van der Waals surface area (Å²) in [5.41, 5.74) is 0.928. The highest BCUT2D eigenvalue weighted by Crippen LogP contribution is 2.08. The van der Waals surface area contributed by atoms with Crippen molar-refractivity contribution < 1.29 is 17.5 Å². The van der Waals surface area contributed by atoms with Gasteiger partial charge in [0.05, 0.1) is 4.90 Å². The lowest BCUT2D eigenvalue weighted by atomic mass is 10.2. The van der Waals surface area contributed by atoms with Gasteiger partial charge in [-0.25, -0.2) is 8.42 Å². The highest BCUT2D eigenvalue weighted by molar-refractivity contribution is 9.10. The smallest absolute Gasteiger partial charge is 0.247 e. The zero-order valence-corrected chi connectivity index (χ0v) is 13.0. The summed E-state index contributed by atoms with van der Waals surface area (Å²) >= 11 is 3.36. The number of pyridine rings is 1. The second kappa shape index (κ2) is 6.79. The number of rotatable bonds is 1. The number of aryl methyl sites for hydroxylation is 2. The van der Waals surface area contributed by atoms with E-state index >= 15 is 0 Å². The van der Waals surface area contributed by atoms with Crippen molar-refractivity contribution in [1.82, 2.24) is 0 Å². The first-order chi connectivity index (χ1) is 8.80. The molecule has 2 aromatic rings. The first kappa shape index (κ1) is 15.8. The molecule has 0 saturated carbocycles. The average Bonchev–Trinajstić information content (AvgIpc) is 2.33. The summed E-state index contributed by atoms with van der Waals surface area (Å²) in [4.78, 5) is -0.178. The Morgan fingerprint density at radius 1 is 1.11 bits per heavy atom. The standard InChI is InChI=1S/C7H8O3S.C6H7BrN/c1-6-2-4-7(5-3-6)11(8,9)10;1-8-5-3-2-4-6(8)7/h2-5H,1H3,(H,8,9,10);2-5H,1H3/q;+1/p-1. The Morgan fingerprint density at radius 3 is 2.05 bits per heavy atom. The van der Waals surface area contributed by atoms with Crippen molar-refractivity contribution >= 4 is 26.0 Å². The van der Waals surface area contributed by atoms with Crippen molar-refractivity contribution in [3.63, 3.8) is 0 Å². The summed E-state index contributed by atoms with van der Waals surface area (Å²) in [5, 5.41) is 0. The van der Waals surface area contributed by atoms with Gasteiger partial charge in [0.25, 0.3) is 0 Å². The Morgan fingerprint density at radius 2 is 1.68 bits per heavy atom. The van der Waals surface area contributed by atoms with Gasteiger partial charge >= 0.3 is 0 Å². The quantitative estimate of drug-likeness (QED) is 0.453. The van der Waals surface area contributed by atoms with E-state index in [0.717, 1.165) is 10.2 Å². The lowest BCUT2D eigenvalue weighted by molar-refractivity contribution is -0.682. The minimum Gasteiger partial charge on any atom is -0.744 e. The van der Waals surface area contributed by atoms with E-state index in [2.05, 4.69) is 15.9 Å². The Labute approximate surface area is 121 Å². The monoisotopic (exact) mass is 343 g/mol. The third-order valence-electron chi connectivity index (χ3n) is 2.30. The van der Waals surface area contributed by atoms with Gasteiger partial charge in [0.15, 0.2) is 6.20 Å². The molecule has 0 spiro atoms. The van der Waals surface area contributed by atoms with Gasteiger partial charge in [0.1, 0.15) is 17.2 Å². The van der Waals surface area contributed by atoms with E-state index in [1.165, 1.54) is 12.1 Å². The fourth-order valence-corrected chi connectivity index (χ4v) is 1.95. The lowest BCUT2D eigenvalue weighted by Crippen LogP contribution is -2.28. The second-order valence-corrected chi connectivity index (χ2v) is 6.09. The minimum absolute atomic E-state index is 0.178. The Balaban J connectivity index is 0.000000200. The minimum atomic E-state index is -4.27. The van der Waals surface area contributed by atoms with E-state index in [4.69, 9.17) is 0 Å². The Bertz CT molecular complexity index is 618. The van der Waals surface area contributed by atoms with E-state index in [1.807, 2.05) is 42.9 Å². The van der Waals surface area contributed by atoms with E-state index in [-0.39, 0.29) is 4.90 Å². The van der Waals surface area contributed by atoms with Crippen LogP contribution in [-0.4, -0.2) is 13.0 Å². The maximum Gasteiger partial charge on any atom is 0.247 e. The molecule has 19 heavy (non-hydrogen) atoms. The summed E-state index contributed by atoms with van der Waals surface area (Å²) in [7, 11) is -2.28. The average molecular weight is 344 g/mol. The highest BCUT2D eigenvalue weighted by Gasteiger charge is 1.97. The van der Waals surface area contributed by atoms with Crippen LogP contribution in [0.15, 0.2) is 58.2 Å². The van der Waals surface area contributed by atoms with Crippen LogP contribution in [-0.2, 0) is 17.2 Å². The third-order valence-corrected chi connectivity index (χ3v) is 3.97. The Hall–Kier alpha value is -1.24.